The molecule has 0 aliphatic carbocycles. The third-order valence-corrected chi connectivity index (χ3v) is 5.58. The predicted octanol–water partition coefficient (Wildman–Crippen LogP) is 4.97. The molecule has 0 unspecified atom stereocenters. The van der Waals surface area contributed by atoms with Crippen LogP contribution in [-0.4, -0.2) is 35.0 Å². The van der Waals surface area contributed by atoms with Gasteiger partial charge in [-0.2, -0.15) is 0 Å². The van der Waals surface area contributed by atoms with Gasteiger partial charge in [0.15, 0.2) is 12.1 Å². The lowest BCUT2D eigenvalue weighted by Crippen LogP contribution is -2.30. The minimum Gasteiger partial charge on any atom is -0.384 e. The number of nitrogens with one attached hydrogen (secondary N) is 3. The zero-order valence-electron chi connectivity index (χ0n) is 22.0. The standard InChI is InChI=1S/C31H32N4O3/c1-31(2,3)29-26(33-21-34-29)17-10-16-25(20-36)35-30(38)27(32-4)18-9-12-22-11-8-15-24(19-22)28(37)23-13-6-5-7-14-23/h5-21,32H,1-4H3,(H,33,34)(H,35,38)/b12-9+,17-10+,25-16-,27-18-. The number of allylic oxidation sites excluding steroid dienone is 5. The van der Waals surface area contributed by atoms with Crippen LogP contribution >= 0.6 is 0 Å². The fourth-order valence-corrected chi connectivity index (χ4v) is 3.65. The molecule has 0 saturated heterocycles. The van der Waals surface area contributed by atoms with Gasteiger partial charge in [-0.3, -0.25) is 14.4 Å². The fraction of sp³-hybridized carbons (Fsp3) is 0.161. The molecule has 194 valence electrons. The maximum Gasteiger partial charge on any atom is 0.271 e. The summed E-state index contributed by atoms with van der Waals surface area (Å²) in [7, 11) is 1.62. The number of benzene rings is 2. The molecule has 38 heavy (non-hydrogen) atoms. The summed E-state index contributed by atoms with van der Waals surface area (Å²) < 4.78 is 0. The zero-order chi connectivity index (χ0) is 27.5. The maximum absolute atomic E-state index is 12.7. The van der Waals surface area contributed by atoms with Crippen molar-refractivity contribution in [3.63, 3.8) is 0 Å². The number of imidazole rings is 1. The van der Waals surface area contributed by atoms with Crippen molar-refractivity contribution in [2.45, 2.75) is 26.2 Å². The van der Waals surface area contributed by atoms with E-state index < -0.39 is 5.91 Å². The van der Waals surface area contributed by atoms with Crippen molar-refractivity contribution in [3.8, 4) is 0 Å². The number of aromatic nitrogens is 2. The Morgan fingerprint density at radius 3 is 2.32 bits per heavy atom. The van der Waals surface area contributed by atoms with E-state index in [1.807, 2.05) is 30.3 Å². The first-order valence-corrected chi connectivity index (χ1v) is 12.2. The van der Waals surface area contributed by atoms with Crippen molar-refractivity contribution < 1.29 is 14.4 Å². The molecule has 0 spiro atoms. The molecule has 0 bridgehead atoms. The Hall–Kier alpha value is -4.78. The first kappa shape index (κ1) is 27.8. The second kappa shape index (κ2) is 13.0. The van der Waals surface area contributed by atoms with E-state index in [1.165, 1.54) is 6.08 Å². The van der Waals surface area contributed by atoms with Crippen LogP contribution in [0.3, 0.4) is 0 Å². The number of aldehydes is 1. The molecule has 0 aliphatic heterocycles. The Kier molecular flexibility index (Phi) is 9.48. The van der Waals surface area contributed by atoms with Crippen molar-refractivity contribution in [1.82, 2.24) is 20.6 Å². The van der Waals surface area contributed by atoms with Gasteiger partial charge in [0.1, 0.15) is 0 Å². The Morgan fingerprint density at radius 2 is 1.63 bits per heavy atom. The Labute approximate surface area is 223 Å². The number of carbonyl (C=O) groups is 3. The van der Waals surface area contributed by atoms with Gasteiger partial charge in [0.2, 0.25) is 0 Å². The van der Waals surface area contributed by atoms with Gasteiger partial charge >= 0.3 is 0 Å². The molecule has 1 amide bonds. The molecule has 0 atom stereocenters. The van der Waals surface area contributed by atoms with Crippen LogP contribution in [0.15, 0.2) is 96.6 Å². The van der Waals surface area contributed by atoms with E-state index in [1.54, 1.807) is 68.0 Å². The zero-order valence-corrected chi connectivity index (χ0v) is 22.0. The van der Waals surface area contributed by atoms with Gasteiger partial charge in [-0.05, 0) is 29.9 Å². The van der Waals surface area contributed by atoms with E-state index in [4.69, 9.17) is 0 Å². The molecule has 1 heterocycles. The van der Waals surface area contributed by atoms with Crippen molar-refractivity contribution in [1.29, 1.82) is 0 Å². The number of rotatable bonds is 10. The van der Waals surface area contributed by atoms with E-state index in [0.717, 1.165) is 17.0 Å². The SMILES string of the molecule is CN/C(=C\C=C\c1cccc(C(=O)c2ccccc2)c1)C(=O)N/C(C=O)=C\C=C\c1nc[nH]c1C(C)(C)C. The Balaban J connectivity index is 1.68. The van der Waals surface area contributed by atoms with Crippen molar-refractivity contribution in [3.05, 3.63) is 125 Å². The monoisotopic (exact) mass is 508 g/mol. The van der Waals surface area contributed by atoms with Crippen LogP contribution in [0.5, 0.6) is 0 Å². The largest absolute Gasteiger partial charge is 0.384 e. The third-order valence-electron chi connectivity index (χ3n) is 5.58. The summed E-state index contributed by atoms with van der Waals surface area (Å²) in [6.45, 7) is 6.23. The number of aromatic amines is 1. The minimum absolute atomic E-state index is 0.0594. The van der Waals surface area contributed by atoms with Crippen LogP contribution in [-0.2, 0) is 15.0 Å². The van der Waals surface area contributed by atoms with Gasteiger partial charge in [-0.25, -0.2) is 4.98 Å². The summed E-state index contributed by atoms with van der Waals surface area (Å²) in [5.74, 6) is -0.525. The molecule has 2 aromatic carbocycles. The first-order chi connectivity index (χ1) is 18.2. The highest BCUT2D eigenvalue weighted by molar-refractivity contribution is 6.09. The highest BCUT2D eigenvalue weighted by Crippen LogP contribution is 2.23. The third kappa shape index (κ3) is 7.61. The van der Waals surface area contributed by atoms with Gasteiger partial charge < -0.3 is 15.6 Å². The summed E-state index contributed by atoms with van der Waals surface area (Å²) in [5, 5.41) is 5.44. The topological polar surface area (TPSA) is 104 Å². The number of amides is 1. The lowest BCUT2D eigenvalue weighted by Gasteiger charge is -2.16. The van der Waals surface area contributed by atoms with Gasteiger partial charge in [0.25, 0.3) is 5.91 Å². The molecule has 3 rings (SSSR count). The molecule has 1 aromatic heterocycles. The molecule has 0 radical (unpaired) electrons. The molecule has 3 aromatic rings. The van der Waals surface area contributed by atoms with Crippen LogP contribution in [0.1, 0.15) is 53.6 Å². The fourth-order valence-electron chi connectivity index (χ4n) is 3.65. The summed E-state index contributed by atoms with van der Waals surface area (Å²) in [4.78, 5) is 44.4. The number of carbonyl (C=O) groups excluding carboxylic acids is 3. The Morgan fingerprint density at radius 1 is 0.921 bits per heavy atom. The normalized spacial score (nSPS) is 12.6. The molecule has 0 fully saturated rings. The lowest BCUT2D eigenvalue weighted by molar-refractivity contribution is -0.118. The average Bonchev–Trinajstić information content (AvgIpc) is 3.40. The lowest BCUT2D eigenvalue weighted by atomic mass is 9.90. The summed E-state index contributed by atoms with van der Waals surface area (Å²) >= 11 is 0. The van der Waals surface area contributed by atoms with E-state index in [2.05, 4.69) is 41.4 Å². The molecular formula is C31H32N4O3. The van der Waals surface area contributed by atoms with Crippen molar-refractivity contribution in [2.24, 2.45) is 0 Å². The van der Waals surface area contributed by atoms with E-state index in [0.29, 0.717) is 17.4 Å². The molecule has 7 heteroatoms. The van der Waals surface area contributed by atoms with Gasteiger partial charge in [-0.15, -0.1) is 0 Å². The molecular weight excluding hydrogens is 476 g/mol. The smallest absolute Gasteiger partial charge is 0.271 e. The van der Waals surface area contributed by atoms with Crippen LogP contribution in [0, 0.1) is 0 Å². The number of likely N-dealkylation sites (N-methyl/N-ethyl adjacent to an activating group) is 1. The number of ketones is 1. The number of nitrogens with zero attached hydrogens (tertiary/aromatic N) is 1. The first-order valence-electron chi connectivity index (χ1n) is 12.2. The molecule has 3 N–H and O–H groups in total. The summed E-state index contributed by atoms with van der Waals surface area (Å²) in [5.41, 5.74) is 4.00. The van der Waals surface area contributed by atoms with Crippen LogP contribution in [0.25, 0.3) is 12.2 Å². The Bertz CT molecular complexity index is 1400. The van der Waals surface area contributed by atoms with Crippen molar-refractivity contribution >= 4 is 30.1 Å². The average molecular weight is 509 g/mol. The molecule has 0 aliphatic rings. The van der Waals surface area contributed by atoms with Crippen molar-refractivity contribution in [2.75, 3.05) is 7.05 Å². The maximum atomic E-state index is 12.7. The highest BCUT2D eigenvalue weighted by atomic mass is 16.2. The van der Waals surface area contributed by atoms with Crippen LogP contribution in [0.4, 0.5) is 0 Å². The number of H-pyrrole nitrogens is 1. The van der Waals surface area contributed by atoms with Gasteiger partial charge in [0, 0.05) is 29.3 Å². The highest BCUT2D eigenvalue weighted by Gasteiger charge is 2.18. The van der Waals surface area contributed by atoms with Gasteiger partial charge in [0.05, 0.1) is 23.4 Å². The van der Waals surface area contributed by atoms with E-state index in [9.17, 15) is 14.4 Å². The predicted molar refractivity (Wildman–Crippen MR) is 151 cm³/mol. The van der Waals surface area contributed by atoms with E-state index in [-0.39, 0.29) is 22.6 Å². The quantitative estimate of drug-likeness (QED) is 0.155. The second-order valence-electron chi connectivity index (χ2n) is 9.48. The number of hydrogen-bond acceptors (Lipinski definition) is 5. The summed E-state index contributed by atoms with van der Waals surface area (Å²) in [6.07, 6.45) is 12.3. The second-order valence-corrected chi connectivity index (χ2v) is 9.48. The van der Waals surface area contributed by atoms with Gasteiger partial charge in [-0.1, -0.05) is 87.5 Å². The summed E-state index contributed by atoms with van der Waals surface area (Å²) in [6, 6.07) is 16.3. The van der Waals surface area contributed by atoms with E-state index >= 15 is 0 Å². The minimum atomic E-state index is -0.466. The molecule has 0 saturated carbocycles. The van der Waals surface area contributed by atoms with Crippen LogP contribution < -0.4 is 10.6 Å². The molecule has 7 nitrogen and oxygen atoms in total. The number of hydrogen-bond donors (Lipinski definition) is 3. The van der Waals surface area contributed by atoms with Crippen LogP contribution in [0.2, 0.25) is 0 Å².